The maximum Gasteiger partial charge on any atom is 0.291 e. The fourth-order valence-electron chi connectivity index (χ4n) is 4.21. The number of fused-ring (bicyclic) bond motifs is 4. The molecule has 166 valence electrons. The summed E-state index contributed by atoms with van der Waals surface area (Å²) in [5.41, 5.74) is 4.31. The van der Waals surface area contributed by atoms with Crippen LogP contribution in [-0.2, 0) is 24.8 Å². The molecule has 6 rings (SSSR count). The van der Waals surface area contributed by atoms with Gasteiger partial charge in [0.1, 0.15) is 5.52 Å². The summed E-state index contributed by atoms with van der Waals surface area (Å²) in [6.45, 7) is 1.04. The standard InChI is InChI=1S/C22H20N8O2S/c1-29-18-15(19-20(29)27-17(33-19)6-12-7-23-22(32-2)24-8-12)10-26-30(21(18)31)11-13-4-3-5-16-14(13)9-25-28-16/h3-5,7,9-10H,6,8,11H2,1-2H3,(H,23,24)(H,25,28). The fraction of sp³-hybridized carbons (Fsp3) is 0.227. The molecule has 11 heteroatoms. The Bertz CT molecular complexity index is 1650. The monoisotopic (exact) mass is 460 g/mol. The molecule has 10 nitrogen and oxygen atoms in total. The number of rotatable bonds is 4. The highest BCUT2D eigenvalue weighted by molar-refractivity contribution is 7.19. The first-order chi connectivity index (χ1) is 16.1. The fourth-order valence-corrected chi connectivity index (χ4v) is 5.37. The first-order valence-corrected chi connectivity index (χ1v) is 11.2. The Labute approximate surface area is 191 Å². The number of aliphatic imine (C=N–C) groups is 1. The average molecular weight is 461 g/mol. The Morgan fingerprint density at radius 3 is 2.97 bits per heavy atom. The second-order valence-electron chi connectivity index (χ2n) is 7.89. The van der Waals surface area contributed by atoms with E-state index < -0.39 is 0 Å². The Kier molecular flexibility index (Phi) is 4.50. The number of amidine groups is 1. The van der Waals surface area contributed by atoms with Crippen molar-refractivity contribution in [3.8, 4) is 0 Å². The van der Waals surface area contributed by atoms with E-state index in [1.54, 1.807) is 30.8 Å². The van der Waals surface area contributed by atoms with E-state index >= 15 is 0 Å². The molecule has 0 unspecified atom stereocenters. The Morgan fingerprint density at radius 2 is 2.15 bits per heavy atom. The summed E-state index contributed by atoms with van der Waals surface area (Å²) in [5, 5.41) is 17.5. The highest BCUT2D eigenvalue weighted by atomic mass is 32.1. The molecule has 4 aromatic heterocycles. The lowest BCUT2D eigenvalue weighted by molar-refractivity contribution is 0.380. The number of nitrogens with zero attached hydrogens (tertiary/aromatic N) is 6. The maximum absolute atomic E-state index is 13.3. The van der Waals surface area contributed by atoms with Crippen LogP contribution < -0.4 is 10.9 Å². The number of nitrogens with one attached hydrogen (secondary N) is 2. The molecule has 0 atom stereocenters. The molecule has 0 bridgehead atoms. The minimum atomic E-state index is -0.136. The van der Waals surface area contributed by atoms with Gasteiger partial charge in [0.25, 0.3) is 11.6 Å². The molecular formula is C22H20N8O2S. The van der Waals surface area contributed by atoms with E-state index in [1.807, 2.05) is 36.0 Å². The van der Waals surface area contributed by atoms with Gasteiger partial charge in [-0.1, -0.05) is 12.1 Å². The van der Waals surface area contributed by atoms with Gasteiger partial charge >= 0.3 is 0 Å². The van der Waals surface area contributed by atoms with Crippen LogP contribution >= 0.6 is 11.3 Å². The van der Waals surface area contributed by atoms with Gasteiger partial charge < -0.3 is 14.6 Å². The van der Waals surface area contributed by atoms with Crippen molar-refractivity contribution in [3.05, 3.63) is 63.3 Å². The van der Waals surface area contributed by atoms with Crippen LogP contribution in [0.1, 0.15) is 10.6 Å². The Morgan fingerprint density at radius 1 is 1.24 bits per heavy atom. The largest absolute Gasteiger partial charge is 0.468 e. The first kappa shape index (κ1) is 19.7. The summed E-state index contributed by atoms with van der Waals surface area (Å²) in [6.07, 6.45) is 6.05. The summed E-state index contributed by atoms with van der Waals surface area (Å²) in [4.78, 5) is 22.4. The number of hydrogen-bond acceptors (Lipinski definition) is 8. The molecule has 1 aliphatic rings. The van der Waals surface area contributed by atoms with E-state index in [2.05, 4.69) is 25.6 Å². The van der Waals surface area contributed by atoms with E-state index in [1.165, 1.54) is 4.68 Å². The SMILES string of the molecule is COC1=NC=C(Cc2nc3c(s2)c2cnn(Cc4cccc5[nH]ncc45)c(=O)c2n3C)CN1. The summed E-state index contributed by atoms with van der Waals surface area (Å²) in [6, 6.07) is 6.41. The van der Waals surface area contributed by atoms with Crippen molar-refractivity contribution in [1.82, 2.24) is 34.8 Å². The smallest absolute Gasteiger partial charge is 0.291 e. The summed E-state index contributed by atoms with van der Waals surface area (Å²) in [7, 11) is 3.47. The zero-order valence-electron chi connectivity index (χ0n) is 18.0. The van der Waals surface area contributed by atoms with Crippen molar-refractivity contribution in [2.24, 2.45) is 12.0 Å². The van der Waals surface area contributed by atoms with Gasteiger partial charge in [0.15, 0.2) is 5.65 Å². The molecule has 2 N–H and O–H groups in total. The highest BCUT2D eigenvalue weighted by Gasteiger charge is 2.19. The summed E-state index contributed by atoms with van der Waals surface area (Å²) < 4.78 is 9.44. The van der Waals surface area contributed by atoms with E-state index in [0.717, 1.165) is 42.8 Å². The third kappa shape index (κ3) is 3.20. The number of aryl methyl sites for hydroxylation is 1. The van der Waals surface area contributed by atoms with E-state index in [-0.39, 0.29) is 5.56 Å². The quantitative estimate of drug-likeness (QED) is 0.425. The van der Waals surface area contributed by atoms with E-state index in [9.17, 15) is 4.79 Å². The Hall–Kier alpha value is -3.99. The van der Waals surface area contributed by atoms with Gasteiger partial charge in [-0.15, -0.1) is 11.3 Å². The van der Waals surface area contributed by atoms with Crippen molar-refractivity contribution in [2.75, 3.05) is 13.7 Å². The zero-order valence-corrected chi connectivity index (χ0v) is 18.8. The number of benzene rings is 1. The minimum absolute atomic E-state index is 0.136. The molecule has 33 heavy (non-hydrogen) atoms. The molecule has 1 aliphatic heterocycles. The first-order valence-electron chi connectivity index (χ1n) is 10.4. The van der Waals surface area contributed by atoms with Gasteiger partial charge in [-0.05, 0) is 17.2 Å². The molecule has 5 heterocycles. The summed E-state index contributed by atoms with van der Waals surface area (Å²) >= 11 is 1.59. The zero-order chi connectivity index (χ0) is 22.5. The molecule has 0 radical (unpaired) electrons. The predicted octanol–water partition coefficient (Wildman–Crippen LogP) is 2.30. The molecule has 0 amide bonds. The number of methoxy groups -OCH3 is 1. The highest BCUT2D eigenvalue weighted by Crippen LogP contribution is 2.32. The second-order valence-corrected chi connectivity index (χ2v) is 8.98. The number of H-pyrrole nitrogens is 1. The summed E-state index contributed by atoms with van der Waals surface area (Å²) in [5.74, 6) is 0. The van der Waals surface area contributed by atoms with Gasteiger partial charge in [0, 0.05) is 37.0 Å². The van der Waals surface area contributed by atoms with Crippen molar-refractivity contribution < 1.29 is 4.74 Å². The lowest BCUT2D eigenvalue weighted by atomic mass is 10.1. The molecular weight excluding hydrogens is 440 g/mol. The van der Waals surface area contributed by atoms with Crippen molar-refractivity contribution >= 4 is 49.5 Å². The lowest BCUT2D eigenvalue weighted by Crippen LogP contribution is -2.29. The van der Waals surface area contributed by atoms with Gasteiger partial charge in [-0.25, -0.2) is 14.7 Å². The molecule has 5 aromatic rings. The number of ether oxygens (including phenoxy) is 1. The molecule has 0 spiro atoms. The van der Waals surface area contributed by atoms with Crippen molar-refractivity contribution in [2.45, 2.75) is 13.0 Å². The van der Waals surface area contributed by atoms with E-state index in [0.29, 0.717) is 31.0 Å². The normalized spacial score (nSPS) is 14.0. The molecule has 0 aliphatic carbocycles. The molecule has 1 aromatic carbocycles. The van der Waals surface area contributed by atoms with Gasteiger partial charge in [-0.2, -0.15) is 10.2 Å². The number of aromatic nitrogens is 6. The average Bonchev–Trinajstić information content (AvgIpc) is 3.53. The van der Waals surface area contributed by atoms with Gasteiger partial charge in [-0.3, -0.25) is 9.89 Å². The van der Waals surface area contributed by atoms with Crippen LogP contribution in [0.15, 0.2) is 52.2 Å². The van der Waals surface area contributed by atoms with Crippen LogP contribution in [-0.4, -0.2) is 49.2 Å². The van der Waals surface area contributed by atoms with Crippen LogP contribution in [0.4, 0.5) is 0 Å². The molecule has 0 saturated carbocycles. The Balaban J connectivity index is 1.37. The minimum Gasteiger partial charge on any atom is -0.468 e. The second kappa shape index (κ2) is 7.55. The topological polar surface area (TPSA) is 115 Å². The third-order valence-electron chi connectivity index (χ3n) is 5.87. The molecule has 0 saturated heterocycles. The van der Waals surface area contributed by atoms with Crippen molar-refractivity contribution in [1.29, 1.82) is 0 Å². The number of aromatic amines is 1. The maximum atomic E-state index is 13.3. The van der Waals surface area contributed by atoms with Gasteiger partial charge in [0.05, 0.1) is 41.3 Å². The van der Waals surface area contributed by atoms with Crippen LogP contribution in [0.5, 0.6) is 0 Å². The van der Waals surface area contributed by atoms with Crippen LogP contribution in [0.3, 0.4) is 0 Å². The number of thiazole rings is 1. The number of hydrogen-bond donors (Lipinski definition) is 2. The third-order valence-corrected chi connectivity index (χ3v) is 6.95. The lowest BCUT2D eigenvalue weighted by Gasteiger charge is -2.13. The predicted molar refractivity (Wildman–Crippen MR) is 128 cm³/mol. The molecule has 0 fully saturated rings. The van der Waals surface area contributed by atoms with E-state index in [4.69, 9.17) is 9.72 Å². The van der Waals surface area contributed by atoms with Crippen LogP contribution in [0.25, 0.3) is 32.2 Å². The van der Waals surface area contributed by atoms with Crippen molar-refractivity contribution in [3.63, 3.8) is 0 Å². The van der Waals surface area contributed by atoms with Crippen LogP contribution in [0, 0.1) is 0 Å². The van der Waals surface area contributed by atoms with Crippen LogP contribution in [0.2, 0.25) is 0 Å². The van der Waals surface area contributed by atoms with Gasteiger partial charge in [0.2, 0.25) is 0 Å².